The van der Waals surface area contributed by atoms with Gasteiger partial charge in [-0.25, -0.2) is 0 Å². The summed E-state index contributed by atoms with van der Waals surface area (Å²) in [5.74, 6) is 6.88. The Labute approximate surface area is 187 Å². The predicted molar refractivity (Wildman–Crippen MR) is 128 cm³/mol. The summed E-state index contributed by atoms with van der Waals surface area (Å²) >= 11 is 0. The summed E-state index contributed by atoms with van der Waals surface area (Å²) in [6.07, 6.45) is 16.9. The molecule has 1 N–H and O–H groups in total. The SMILES string of the molecule is CC(C)(C)C1CCC2C(C1)C1CC(C(C)(C)C)CNC1C2C1(C2CCCC2)CCC1. The molecule has 1 aliphatic heterocycles. The molecule has 4 saturated carbocycles. The molecule has 4 aliphatic carbocycles. The van der Waals surface area contributed by atoms with Crippen LogP contribution in [0.5, 0.6) is 0 Å². The van der Waals surface area contributed by atoms with Gasteiger partial charge in [-0.3, -0.25) is 0 Å². The molecular weight excluding hydrogens is 362 g/mol. The summed E-state index contributed by atoms with van der Waals surface area (Å²) in [4.78, 5) is 0. The topological polar surface area (TPSA) is 12.0 Å². The molecular formula is C29H51N. The minimum atomic E-state index is 0.448. The van der Waals surface area contributed by atoms with Crippen LogP contribution >= 0.6 is 0 Å². The molecule has 30 heavy (non-hydrogen) atoms. The second-order valence-electron chi connectivity index (χ2n) is 14.7. The molecule has 0 aromatic carbocycles. The smallest absolute Gasteiger partial charge is 0.0135 e. The lowest BCUT2D eigenvalue weighted by atomic mass is 9.50. The highest BCUT2D eigenvalue weighted by Crippen LogP contribution is 2.68. The molecule has 0 amide bonds. The Morgan fingerprint density at radius 2 is 1.30 bits per heavy atom. The maximum absolute atomic E-state index is 4.30. The first kappa shape index (κ1) is 21.8. The molecule has 1 saturated heterocycles. The van der Waals surface area contributed by atoms with Crippen LogP contribution in [0.3, 0.4) is 0 Å². The number of nitrogens with one attached hydrogen (secondary N) is 1. The molecule has 0 aromatic rings. The summed E-state index contributed by atoms with van der Waals surface area (Å²) in [5, 5.41) is 4.30. The standard InChI is InChI=1S/C29H51N/c1-27(2,3)20-12-13-22-23(16-20)24-17-21(28(4,5)6)18-30-26(24)25(22)29(14-9-15-29)19-10-7-8-11-19/h19-26,30H,7-18H2,1-6H3. The Kier molecular flexibility index (Phi) is 5.44. The van der Waals surface area contributed by atoms with E-state index in [9.17, 15) is 0 Å². The zero-order valence-electron chi connectivity index (χ0n) is 21.1. The van der Waals surface area contributed by atoms with Crippen LogP contribution in [0.1, 0.15) is 112 Å². The van der Waals surface area contributed by atoms with E-state index in [0.29, 0.717) is 10.8 Å². The zero-order valence-corrected chi connectivity index (χ0v) is 21.1. The first-order chi connectivity index (χ1) is 14.1. The van der Waals surface area contributed by atoms with Crippen LogP contribution in [-0.2, 0) is 0 Å². The van der Waals surface area contributed by atoms with Crippen molar-refractivity contribution in [3.8, 4) is 0 Å². The van der Waals surface area contributed by atoms with E-state index in [1.165, 1.54) is 45.1 Å². The van der Waals surface area contributed by atoms with Gasteiger partial charge in [0.25, 0.3) is 0 Å². The van der Waals surface area contributed by atoms with Gasteiger partial charge in [-0.2, -0.15) is 0 Å². The van der Waals surface area contributed by atoms with Crippen molar-refractivity contribution in [3.05, 3.63) is 0 Å². The van der Waals surface area contributed by atoms with Gasteiger partial charge in [0.15, 0.2) is 0 Å². The Balaban J connectivity index is 1.47. The third-order valence-corrected chi connectivity index (χ3v) is 11.5. The highest BCUT2D eigenvalue weighted by Gasteiger charge is 2.63. The fourth-order valence-corrected chi connectivity index (χ4v) is 9.59. The Hall–Kier alpha value is -0.0400. The van der Waals surface area contributed by atoms with Gasteiger partial charge in [0.05, 0.1) is 0 Å². The number of rotatable bonds is 2. The maximum Gasteiger partial charge on any atom is 0.0135 e. The molecule has 5 rings (SSSR count). The van der Waals surface area contributed by atoms with Crippen LogP contribution in [0.25, 0.3) is 0 Å². The fourth-order valence-electron chi connectivity index (χ4n) is 9.59. The van der Waals surface area contributed by atoms with Gasteiger partial charge in [0, 0.05) is 6.04 Å². The molecule has 0 spiro atoms. The van der Waals surface area contributed by atoms with Gasteiger partial charge in [-0.15, -0.1) is 0 Å². The molecule has 1 heterocycles. The first-order valence-electron chi connectivity index (χ1n) is 13.8. The Bertz CT molecular complexity index is 573. The van der Waals surface area contributed by atoms with Crippen LogP contribution in [0.4, 0.5) is 0 Å². The minimum absolute atomic E-state index is 0.448. The Morgan fingerprint density at radius 3 is 1.87 bits per heavy atom. The van der Waals surface area contributed by atoms with Gasteiger partial charge in [0.2, 0.25) is 0 Å². The number of hydrogen-bond acceptors (Lipinski definition) is 1. The van der Waals surface area contributed by atoms with Crippen molar-refractivity contribution in [2.24, 2.45) is 57.7 Å². The number of piperidine rings is 1. The van der Waals surface area contributed by atoms with Crippen molar-refractivity contribution >= 4 is 0 Å². The van der Waals surface area contributed by atoms with Crippen molar-refractivity contribution in [1.29, 1.82) is 0 Å². The Morgan fingerprint density at radius 1 is 0.667 bits per heavy atom. The van der Waals surface area contributed by atoms with Gasteiger partial charge in [0.1, 0.15) is 0 Å². The summed E-state index contributed by atoms with van der Waals surface area (Å²) in [6, 6.07) is 0.846. The van der Waals surface area contributed by atoms with Crippen LogP contribution in [0, 0.1) is 57.7 Å². The van der Waals surface area contributed by atoms with Crippen molar-refractivity contribution in [1.82, 2.24) is 5.32 Å². The molecule has 0 aromatic heterocycles. The van der Waals surface area contributed by atoms with E-state index >= 15 is 0 Å². The molecule has 172 valence electrons. The van der Waals surface area contributed by atoms with Crippen LogP contribution in [-0.4, -0.2) is 12.6 Å². The van der Waals surface area contributed by atoms with Crippen molar-refractivity contribution in [2.75, 3.05) is 6.54 Å². The molecule has 7 unspecified atom stereocenters. The van der Waals surface area contributed by atoms with E-state index in [4.69, 9.17) is 0 Å². The summed E-state index contributed by atoms with van der Waals surface area (Å²) in [6.45, 7) is 16.3. The van der Waals surface area contributed by atoms with E-state index in [2.05, 4.69) is 46.9 Å². The minimum Gasteiger partial charge on any atom is -0.313 e. The summed E-state index contributed by atoms with van der Waals surface area (Å²) < 4.78 is 0. The highest BCUT2D eigenvalue weighted by molar-refractivity contribution is 5.14. The van der Waals surface area contributed by atoms with Crippen LogP contribution in [0.2, 0.25) is 0 Å². The lowest BCUT2D eigenvalue weighted by Gasteiger charge is -2.56. The van der Waals surface area contributed by atoms with Gasteiger partial charge in [-0.05, 0) is 116 Å². The summed E-state index contributed by atoms with van der Waals surface area (Å²) in [5.41, 5.74) is 1.67. The van der Waals surface area contributed by atoms with Crippen molar-refractivity contribution in [2.45, 2.75) is 118 Å². The third-order valence-electron chi connectivity index (χ3n) is 11.5. The van der Waals surface area contributed by atoms with E-state index in [0.717, 1.165) is 52.9 Å². The second kappa shape index (κ2) is 7.50. The van der Waals surface area contributed by atoms with E-state index in [-0.39, 0.29) is 0 Å². The lowest BCUT2D eigenvalue weighted by Crippen LogP contribution is -2.56. The zero-order chi connectivity index (χ0) is 21.3. The first-order valence-corrected chi connectivity index (χ1v) is 13.8. The molecule has 1 nitrogen and oxygen atoms in total. The van der Waals surface area contributed by atoms with Crippen LogP contribution < -0.4 is 5.32 Å². The molecule has 7 atom stereocenters. The van der Waals surface area contributed by atoms with Crippen molar-refractivity contribution in [3.63, 3.8) is 0 Å². The van der Waals surface area contributed by atoms with Gasteiger partial charge in [-0.1, -0.05) is 60.8 Å². The quantitative estimate of drug-likeness (QED) is 0.489. The lowest BCUT2D eigenvalue weighted by molar-refractivity contribution is -0.0607. The molecule has 5 fully saturated rings. The average molecular weight is 414 g/mol. The molecule has 1 heteroatoms. The average Bonchev–Trinajstić information content (AvgIpc) is 3.27. The van der Waals surface area contributed by atoms with Crippen LogP contribution in [0.15, 0.2) is 0 Å². The maximum atomic E-state index is 4.30. The number of hydrogen-bond donors (Lipinski definition) is 1. The highest BCUT2D eigenvalue weighted by atomic mass is 15.0. The molecule has 5 aliphatic rings. The van der Waals surface area contributed by atoms with Crippen molar-refractivity contribution < 1.29 is 0 Å². The largest absolute Gasteiger partial charge is 0.313 e. The molecule has 0 bridgehead atoms. The van der Waals surface area contributed by atoms with Gasteiger partial charge < -0.3 is 5.32 Å². The number of fused-ring (bicyclic) bond motifs is 3. The van der Waals surface area contributed by atoms with Gasteiger partial charge >= 0.3 is 0 Å². The summed E-state index contributed by atoms with van der Waals surface area (Å²) in [7, 11) is 0. The van der Waals surface area contributed by atoms with E-state index < -0.39 is 0 Å². The van der Waals surface area contributed by atoms with E-state index in [1.54, 1.807) is 32.1 Å². The fraction of sp³-hybridized carbons (Fsp3) is 1.00. The predicted octanol–water partition coefficient (Wildman–Crippen LogP) is 7.70. The normalized spacial score (nSPS) is 44.4. The second-order valence-corrected chi connectivity index (χ2v) is 14.7. The third kappa shape index (κ3) is 3.43. The monoisotopic (exact) mass is 413 g/mol. The molecule has 0 radical (unpaired) electrons. The van der Waals surface area contributed by atoms with E-state index in [1.807, 2.05) is 0 Å².